The molecule has 0 radical (unpaired) electrons. The second-order valence-electron chi connectivity index (χ2n) is 11.2. The zero-order valence-corrected chi connectivity index (χ0v) is 29.2. The second-order valence-corrected chi connectivity index (χ2v) is 11.2. The van der Waals surface area contributed by atoms with Gasteiger partial charge < -0.3 is 29.3 Å². The number of ketones is 1. The van der Waals surface area contributed by atoms with Crippen LogP contribution >= 0.6 is 0 Å². The van der Waals surface area contributed by atoms with Crippen LogP contribution in [0.2, 0.25) is 0 Å². The first kappa shape index (κ1) is 37.4. The van der Waals surface area contributed by atoms with Crippen molar-refractivity contribution in [2.24, 2.45) is 22.7 Å². The van der Waals surface area contributed by atoms with Crippen LogP contribution in [0, 0.1) is 22.7 Å². The third-order valence-corrected chi connectivity index (χ3v) is 8.76. The Kier molecular flexibility index (Phi) is 15.3. The van der Waals surface area contributed by atoms with Gasteiger partial charge in [0.05, 0.1) is 12.0 Å². The summed E-state index contributed by atoms with van der Waals surface area (Å²) in [6.45, 7) is 8.74. The number of carbonyl (C=O) groups excluding carboxylic acids is 5. The van der Waals surface area contributed by atoms with E-state index in [0.29, 0.717) is 24.8 Å². The molecule has 0 amide bonds. The van der Waals surface area contributed by atoms with Gasteiger partial charge in [-0.25, -0.2) is 4.79 Å². The Morgan fingerprint density at radius 1 is 1.07 bits per heavy atom. The molecular weight excluding hydrogens is 554 g/mol. The van der Waals surface area contributed by atoms with Gasteiger partial charge in [-0.2, -0.15) is 0 Å². The van der Waals surface area contributed by atoms with Crippen molar-refractivity contribution < 1.29 is 125 Å². The van der Waals surface area contributed by atoms with Crippen LogP contribution in [0.3, 0.4) is 0 Å². The Hall–Kier alpha value is -0.594. The molecule has 11 heteroatoms. The van der Waals surface area contributed by atoms with Gasteiger partial charge >= 0.3 is 92.9 Å². The summed E-state index contributed by atoms with van der Waals surface area (Å²) in [5.41, 5.74) is 0.620. The third-order valence-electron chi connectivity index (χ3n) is 8.76. The van der Waals surface area contributed by atoms with E-state index < -0.39 is 35.8 Å². The maximum atomic E-state index is 12.5. The van der Waals surface area contributed by atoms with Gasteiger partial charge in [0.25, 0.3) is 0 Å². The normalized spacial score (nSPS) is 29.4. The van der Waals surface area contributed by atoms with E-state index in [-0.39, 0.29) is 142 Å². The SMILES string of the molecule is C=C1CCC2[C@](C)(CCC(=O)CCC(=O)[O-])[C@H](OC(=O)CCC(=O)[O-])CC[C@@]2(C)[C@@H]1/C=C/C1=CCOC1=O.[K+].[Na+]. The fourth-order valence-corrected chi connectivity index (χ4v) is 6.70. The summed E-state index contributed by atoms with van der Waals surface area (Å²) >= 11 is 0. The molecule has 2 aliphatic carbocycles. The molecule has 0 bridgehead atoms. The molecule has 2 fully saturated rings. The summed E-state index contributed by atoms with van der Waals surface area (Å²) in [5, 5.41) is 21.6. The summed E-state index contributed by atoms with van der Waals surface area (Å²) in [6.07, 6.45) is 7.00. The molecule has 0 aromatic carbocycles. The van der Waals surface area contributed by atoms with Crippen molar-refractivity contribution in [1.82, 2.24) is 0 Å². The molecule has 1 heterocycles. The number of cyclic esters (lactones) is 1. The summed E-state index contributed by atoms with van der Waals surface area (Å²) in [5.74, 6) is -3.85. The zero-order valence-electron chi connectivity index (χ0n) is 24.1. The van der Waals surface area contributed by atoms with E-state index in [2.05, 4.69) is 13.5 Å². The van der Waals surface area contributed by atoms with Gasteiger partial charge in [-0.05, 0) is 62.4 Å². The van der Waals surface area contributed by atoms with E-state index in [1.165, 1.54) is 0 Å². The number of fused-ring (bicyclic) bond motifs is 1. The zero-order chi connectivity index (χ0) is 28.1. The minimum Gasteiger partial charge on any atom is -0.550 e. The van der Waals surface area contributed by atoms with E-state index in [1.807, 2.05) is 13.0 Å². The van der Waals surface area contributed by atoms with Crippen molar-refractivity contribution in [3.05, 3.63) is 36.0 Å². The Morgan fingerprint density at radius 3 is 2.33 bits per heavy atom. The van der Waals surface area contributed by atoms with Crippen LogP contribution in [0.1, 0.15) is 78.1 Å². The first-order chi connectivity index (χ1) is 17.9. The van der Waals surface area contributed by atoms with Crippen LogP contribution in [0.15, 0.2) is 36.0 Å². The number of ether oxygens (including phenoxy) is 2. The Labute approximate surface area is 300 Å². The number of aliphatic carboxylic acids is 2. The van der Waals surface area contributed by atoms with E-state index >= 15 is 0 Å². The van der Waals surface area contributed by atoms with E-state index in [4.69, 9.17) is 9.47 Å². The molecule has 0 N–H and O–H groups in total. The van der Waals surface area contributed by atoms with Crippen molar-refractivity contribution in [3.8, 4) is 0 Å². The Bertz CT molecular complexity index is 1070. The number of esters is 2. The summed E-state index contributed by atoms with van der Waals surface area (Å²) < 4.78 is 10.8. The van der Waals surface area contributed by atoms with Crippen molar-refractivity contribution >= 4 is 29.7 Å². The van der Waals surface area contributed by atoms with Crippen LogP contribution in [-0.4, -0.2) is 42.4 Å². The number of rotatable bonds is 12. The van der Waals surface area contributed by atoms with Crippen molar-refractivity contribution in [3.63, 3.8) is 0 Å². The van der Waals surface area contributed by atoms with Crippen LogP contribution in [0.4, 0.5) is 0 Å². The number of carboxylic acid groups (broad SMARTS) is 2. The molecule has 2 saturated carbocycles. The summed E-state index contributed by atoms with van der Waals surface area (Å²) in [6, 6.07) is 0. The maximum Gasteiger partial charge on any atom is 1.00 e. The van der Waals surface area contributed by atoms with Gasteiger partial charge in [0.1, 0.15) is 18.5 Å². The predicted octanol–water partition coefficient (Wildman–Crippen LogP) is -4.26. The molecule has 5 atom stereocenters. The third kappa shape index (κ3) is 9.20. The molecule has 1 aliphatic heterocycles. The summed E-state index contributed by atoms with van der Waals surface area (Å²) in [4.78, 5) is 58.7. The average molecular weight is 591 g/mol. The number of Topliss-reactive ketones (excluding diaryl/α,β-unsaturated/α-hetero) is 1. The number of hydrogen-bond acceptors (Lipinski definition) is 9. The molecular formula is C29H36KNaO9. The quantitative estimate of drug-likeness (QED) is 0.125. The first-order valence-corrected chi connectivity index (χ1v) is 13.2. The largest absolute Gasteiger partial charge is 1.00 e. The molecule has 0 aromatic rings. The van der Waals surface area contributed by atoms with Crippen LogP contribution in [-0.2, 0) is 33.4 Å². The monoisotopic (exact) mass is 590 g/mol. The predicted molar refractivity (Wildman–Crippen MR) is 132 cm³/mol. The van der Waals surface area contributed by atoms with Crippen LogP contribution < -0.4 is 91.2 Å². The molecule has 0 saturated heterocycles. The van der Waals surface area contributed by atoms with E-state index in [9.17, 15) is 34.2 Å². The summed E-state index contributed by atoms with van der Waals surface area (Å²) in [7, 11) is 0. The molecule has 3 rings (SSSR count). The van der Waals surface area contributed by atoms with Gasteiger partial charge in [0.2, 0.25) is 0 Å². The minimum absolute atomic E-state index is 0. The van der Waals surface area contributed by atoms with Crippen molar-refractivity contribution in [2.75, 3.05) is 6.61 Å². The van der Waals surface area contributed by atoms with E-state index in [0.717, 1.165) is 18.4 Å². The fourth-order valence-electron chi connectivity index (χ4n) is 6.70. The van der Waals surface area contributed by atoms with Gasteiger partial charge in [-0.3, -0.25) is 9.59 Å². The standard InChI is InChI=1S/C29H38O9.K.Na/c1-18-4-8-22-28(2,21(18)7-5-19-14-17-37-27(19)36)16-13-23(38-26(35)11-10-25(33)34)29(22,3)15-12-20(30)6-9-24(31)32;;/h5,7,14,21-23H,1,4,6,8-13,15-17H2,2-3H3,(H,31,32)(H,33,34);;/q;2*+1/p-2/b7-5+;;/t21-,22?,23-,28+,29+;;/m1../s1. The number of carboxylic acids is 2. The van der Waals surface area contributed by atoms with Gasteiger partial charge in [-0.15, -0.1) is 0 Å². The van der Waals surface area contributed by atoms with Crippen molar-refractivity contribution in [1.29, 1.82) is 0 Å². The molecule has 3 aliphatic rings. The van der Waals surface area contributed by atoms with Crippen LogP contribution in [0.25, 0.3) is 0 Å². The number of hydrogen-bond donors (Lipinski definition) is 0. The maximum absolute atomic E-state index is 12.5. The molecule has 208 valence electrons. The van der Waals surface area contributed by atoms with Crippen molar-refractivity contribution in [2.45, 2.75) is 84.2 Å². The smallest absolute Gasteiger partial charge is 0.550 e. The molecule has 1 unspecified atom stereocenters. The number of carbonyl (C=O) groups is 5. The molecule has 9 nitrogen and oxygen atoms in total. The minimum atomic E-state index is -1.33. The van der Waals surface area contributed by atoms with Gasteiger partial charge in [0, 0.05) is 36.1 Å². The van der Waals surface area contributed by atoms with Gasteiger partial charge in [-0.1, -0.05) is 38.2 Å². The Balaban J connectivity index is 0.00000400. The second kappa shape index (κ2) is 16.3. The Morgan fingerprint density at radius 2 is 1.73 bits per heavy atom. The van der Waals surface area contributed by atoms with E-state index in [1.54, 1.807) is 12.2 Å². The average Bonchev–Trinajstić information content (AvgIpc) is 3.26. The van der Waals surface area contributed by atoms with Gasteiger partial charge in [0.15, 0.2) is 0 Å². The topological polar surface area (TPSA) is 150 Å². The first-order valence-electron chi connectivity index (χ1n) is 13.2. The molecule has 0 aromatic heterocycles. The number of allylic oxidation sites excluding steroid dienone is 2. The molecule has 0 spiro atoms. The fraction of sp³-hybridized carbons (Fsp3) is 0.621. The molecule has 40 heavy (non-hydrogen) atoms. The van der Waals surface area contributed by atoms with Crippen LogP contribution in [0.5, 0.6) is 0 Å².